The van der Waals surface area contributed by atoms with Crippen LogP contribution in [0.2, 0.25) is 0 Å². The van der Waals surface area contributed by atoms with Crippen LogP contribution in [0.3, 0.4) is 0 Å². The Kier molecular flexibility index (Phi) is 2.93. The first-order valence-corrected chi connectivity index (χ1v) is 3.90. The number of hydrogen-bond donors (Lipinski definition) is 1. The predicted molar refractivity (Wildman–Crippen MR) is 48.7 cm³/mol. The normalized spacial score (nSPS) is 8.79. The maximum atomic E-state index is 9.33. The van der Waals surface area contributed by atoms with E-state index in [0.717, 1.165) is 0 Å². The van der Waals surface area contributed by atoms with Gasteiger partial charge in [-0.2, -0.15) is 10.5 Å². The van der Waals surface area contributed by atoms with E-state index in [-0.39, 0.29) is 17.7 Å². The van der Waals surface area contributed by atoms with Crippen molar-refractivity contribution in [2.75, 3.05) is 7.11 Å². The van der Waals surface area contributed by atoms with Gasteiger partial charge in [0, 0.05) is 11.6 Å². The molecule has 70 valence electrons. The van der Waals surface area contributed by atoms with Crippen molar-refractivity contribution in [3.05, 3.63) is 23.3 Å². The van der Waals surface area contributed by atoms with Gasteiger partial charge in [-0.15, -0.1) is 0 Å². The van der Waals surface area contributed by atoms with Gasteiger partial charge in [0.25, 0.3) is 0 Å². The van der Waals surface area contributed by atoms with E-state index in [1.807, 2.05) is 12.1 Å². The molecule has 14 heavy (non-hydrogen) atoms. The van der Waals surface area contributed by atoms with Crippen LogP contribution in [0.15, 0.2) is 12.1 Å². The quantitative estimate of drug-likeness (QED) is 0.759. The fourth-order valence-corrected chi connectivity index (χ4v) is 1.12. The molecule has 0 radical (unpaired) electrons. The average molecular weight is 188 g/mol. The summed E-state index contributed by atoms with van der Waals surface area (Å²) in [5.74, 6) is 0.286. The van der Waals surface area contributed by atoms with Crippen LogP contribution in [0, 0.1) is 22.7 Å². The van der Waals surface area contributed by atoms with E-state index in [4.69, 9.17) is 15.3 Å². The van der Waals surface area contributed by atoms with Crippen molar-refractivity contribution in [2.24, 2.45) is 0 Å². The molecular weight excluding hydrogens is 180 g/mol. The minimum atomic E-state index is -0.133. The zero-order valence-electron chi connectivity index (χ0n) is 7.61. The van der Waals surface area contributed by atoms with Gasteiger partial charge in [-0.1, -0.05) is 0 Å². The topological polar surface area (TPSA) is 77.0 Å². The standard InChI is InChI=1S/C10H8N2O2/c1-14-10-5-9(13)8(6-12)4-7(10)2-3-11/h4-5,13H,2H2,1H3. The molecule has 1 rings (SSSR count). The van der Waals surface area contributed by atoms with Gasteiger partial charge in [-0.05, 0) is 6.07 Å². The van der Waals surface area contributed by atoms with Crippen molar-refractivity contribution < 1.29 is 9.84 Å². The molecule has 4 nitrogen and oxygen atoms in total. The summed E-state index contributed by atoms with van der Waals surface area (Å²) in [6.07, 6.45) is 0.151. The highest BCUT2D eigenvalue weighted by molar-refractivity contribution is 5.51. The molecule has 0 heterocycles. The maximum absolute atomic E-state index is 9.33. The van der Waals surface area contributed by atoms with Crippen LogP contribution in [0.4, 0.5) is 0 Å². The fourth-order valence-electron chi connectivity index (χ4n) is 1.12. The molecule has 0 atom stereocenters. The van der Waals surface area contributed by atoms with Crippen LogP contribution in [-0.4, -0.2) is 12.2 Å². The van der Waals surface area contributed by atoms with Crippen molar-refractivity contribution >= 4 is 0 Å². The number of nitriles is 2. The maximum Gasteiger partial charge on any atom is 0.137 e. The molecule has 1 aromatic carbocycles. The number of hydrogen-bond acceptors (Lipinski definition) is 4. The highest BCUT2D eigenvalue weighted by Crippen LogP contribution is 2.27. The zero-order chi connectivity index (χ0) is 10.6. The first-order chi connectivity index (χ1) is 6.72. The molecule has 0 aliphatic rings. The van der Waals surface area contributed by atoms with E-state index in [9.17, 15) is 5.11 Å². The molecule has 0 aliphatic carbocycles. The van der Waals surface area contributed by atoms with Gasteiger partial charge in [0.15, 0.2) is 0 Å². The van der Waals surface area contributed by atoms with Crippen LogP contribution in [0.5, 0.6) is 11.5 Å². The molecule has 0 spiro atoms. The van der Waals surface area contributed by atoms with Gasteiger partial charge in [-0.3, -0.25) is 0 Å². The van der Waals surface area contributed by atoms with Crippen molar-refractivity contribution in [2.45, 2.75) is 6.42 Å². The lowest BCUT2D eigenvalue weighted by Crippen LogP contribution is -1.92. The summed E-state index contributed by atoms with van der Waals surface area (Å²) in [6, 6.07) is 6.58. The van der Waals surface area contributed by atoms with Crippen molar-refractivity contribution in [1.29, 1.82) is 10.5 Å². The molecule has 4 heteroatoms. The van der Waals surface area contributed by atoms with Gasteiger partial charge in [0.2, 0.25) is 0 Å². The Morgan fingerprint density at radius 2 is 2.14 bits per heavy atom. The van der Waals surface area contributed by atoms with E-state index in [0.29, 0.717) is 11.3 Å². The second kappa shape index (κ2) is 4.15. The number of rotatable bonds is 2. The van der Waals surface area contributed by atoms with Crippen LogP contribution in [-0.2, 0) is 6.42 Å². The predicted octanol–water partition coefficient (Wildman–Crippen LogP) is 1.34. The summed E-state index contributed by atoms with van der Waals surface area (Å²) in [5.41, 5.74) is 0.750. The van der Waals surface area contributed by atoms with Crippen LogP contribution >= 0.6 is 0 Å². The molecule has 1 aromatic rings. The monoisotopic (exact) mass is 188 g/mol. The number of nitrogens with zero attached hydrogens (tertiary/aromatic N) is 2. The van der Waals surface area contributed by atoms with Crippen molar-refractivity contribution in [3.8, 4) is 23.6 Å². The Hall–Kier alpha value is -2.20. The molecule has 1 N–H and O–H groups in total. The average Bonchev–Trinajstić information content (AvgIpc) is 2.20. The van der Waals surface area contributed by atoms with Gasteiger partial charge in [0.05, 0.1) is 25.2 Å². The number of phenols is 1. The van der Waals surface area contributed by atoms with Gasteiger partial charge in [0.1, 0.15) is 17.6 Å². The van der Waals surface area contributed by atoms with E-state index < -0.39 is 0 Å². The first kappa shape index (κ1) is 9.88. The molecule has 0 fully saturated rings. The number of aromatic hydroxyl groups is 1. The van der Waals surface area contributed by atoms with Crippen molar-refractivity contribution in [1.82, 2.24) is 0 Å². The van der Waals surface area contributed by atoms with Gasteiger partial charge >= 0.3 is 0 Å². The summed E-state index contributed by atoms with van der Waals surface area (Å²) in [7, 11) is 1.45. The lowest BCUT2D eigenvalue weighted by atomic mass is 10.1. The third kappa shape index (κ3) is 1.75. The fraction of sp³-hybridized carbons (Fsp3) is 0.200. The smallest absolute Gasteiger partial charge is 0.137 e. The number of benzene rings is 1. The first-order valence-electron chi connectivity index (χ1n) is 3.90. The molecule has 0 saturated heterocycles. The molecule has 0 saturated carbocycles. The number of phenolic OH excluding ortho intramolecular Hbond substituents is 1. The van der Waals surface area contributed by atoms with Crippen LogP contribution in [0.25, 0.3) is 0 Å². The number of methoxy groups -OCH3 is 1. The summed E-state index contributed by atoms with van der Waals surface area (Å²) in [4.78, 5) is 0. The van der Waals surface area contributed by atoms with Crippen LogP contribution in [0.1, 0.15) is 11.1 Å². The SMILES string of the molecule is COc1cc(O)c(C#N)cc1CC#N. The Morgan fingerprint density at radius 1 is 1.43 bits per heavy atom. The summed E-state index contributed by atoms with van der Waals surface area (Å²) in [6.45, 7) is 0. The molecule has 0 unspecified atom stereocenters. The zero-order valence-corrected chi connectivity index (χ0v) is 7.61. The van der Waals surface area contributed by atoms with E-state index in [1.165, 1.54) is 19.2 Å². The molecule has 0 aromatic heterocycles. The van der Waals surface area contributed by atoms with E-state index >= 15 is 0 Å². The Bertz CT molecular complexity index is 427. The van der Waals surface area contributed by atoms with E-state index in [1.54, 1.807) is 0 Å². The third-order valence-electron chi connectivity index (χ3n) is 1.79. The lowest BCUT2D eigenvalue weighted by molar-refractivity contribution is 0.403. The molecule has 0 bridgehead atoms. The van der Waals surface area contributed by atoms with E-state index in [2.05, 4.69) is 0 Å². The number of ether oxygens (including phenoxy) is 1. The molecule has 0 amide bonds. The third-order valence-corrected chi connectivity index (χ3v) is 1.79. The summed E-state index contributed by atoms with van der Waals surface area (Å²) >= 11 is 0. The minimum Gasteiger partial charge on any atom is -0.506 e. The molecular formula is C10H8N2O2. The Balaban J connectivity index is 3.28. The summed E-state index contributed by atoms with van der Waals surface area (Å²) in [5, 5.41) is 26.5. The Labute approximate surface area is 81.6 Å². The second-order valence-electron chi connectivity index (χ2n) is 2.63. The highest BCUT2D eigenvalue weighted by Gasteiger charge is 2.08. The Morgan fingerprint density at radius 3 is 2.64 bits per heavy atom. The minimum absolute atomic E-state index is 0.133. The van der Waals surface area contributed by atoms with Crippen LogP contribution < -0.4 is 4.74 Å². The van der Waals surface area contributed by atoms with Gasteiger partial charge < -0.3 is 9.84 Å². The summed E-state index contributed by atoms with van der Waals surface area (Å²) < 4.78 is 4.96. The lowest BCUT2D eigenvalue weighted by Gasteiger charge is -2.06. The van der Waals surface area contributed by atoms with Crippen molar-refractivity contribution in [3.63, 3.8) is 0 Å². The molecule has 0 aliphatic heterocycles. The second-order valence-corrected chi connectivity index (χ2v) is 2.63. The highest BCUT2D eigenvalue weighted by atomic mass is 16.5. The largest absolute Gasteiger partial charge is 0.506 e. The van der Waals surface area contributed by atoms with Gasteiger partial charge in [-0.25, -0.2) is 0 Å².